The predicted octanol–water partition coefficient (Wildman–Crippen LogP) is 1.86. The van der Waals surface area contributed by atoms with Gasteiger partial charge in [-0.2, -0.15) is 0 Å². The van der Waals surface area contributed by atoms with Crippen LogP contribution in [-0.4, -0.2) is 31.6 Å². The van der Waals surface area contributed by atoms with Gasteiger partial charge in [0.05, 0.1) is 12.6 Å². The van der Waals surface area contributed by atoms with Gasteiger partial charge in [0, 0.05) is 17.9 Å². The van der Waals surface area contributed by atoms with Crippen LogP contribution in [0.1, 0.15) is 30.6 Å². The number of nitrogens with two attached hydrogens (primary N) is 1. The quantitative estimate of drug-likeness (QED) is 0.420. The van der Waals surface area contributed by atoms with Gasteiger partial charge in [0.15, 0.2) is 5.78 Å². The average Bonchev–Trinajstić information content (AvgIpc) is 2.34. The highest BCUT2D eigenvalue weighted by Crippen LogP contribution is 2.05. The fourth-order valence-corrected chi connectivity index (χ4v) is 1.49. The van der Waals surface area contributed by atoms with Crippen molar-refractivity contribution < 1.29 is 9.53 Å². The first-order valence-corrected chi connectivity index (χ1v) is 6.30. The molecule has 0 aliphatic rings. The van der Waals surface area contributed by atoms with E-state index in [0.29, 0.717) is 17.8 Å². The standard InChI is InChI=1S/C14H22N2O2/c1-11(2)18-9-3-8-16-10-14(17)12-4-6-13(15)7-5-12/h4-7,11,16H,3,8-10,15H2,1-2H3. The van der Waals surface area contributed by atoms with Crippen molar-refractivity contribution in [2.75, 3.05) is 25.4 Å². The number of ether oxygens (including phenoxy) is 1. The summed E-state index contributed by atoms with van der Waals surface area (Å²) in [6.45, 7) is 5.88. The van der Waals surface area contributed by atoms with Crippen molar-refractivity contribution in [1.82, 2.24) is 5.32 Å². The fraction of sp³-hybridized carbons (Fsp3) is 0.500. The molecule has 1 aromatic rings. The van der Waals surface area contributed by atoms with Crippen LogP contribution in [-0.2, 0) is 4.74 Å². The lowest BCUT2D eigenvalue weighted by Crippen LogP contribution is -2.25. The van der Waals surface area contributed by atoms with Crippen LogP contribution in [0.25, 0.3) is 0 Å². The summed E-state index contributed by atoms with van der Waals surface area (Å²) < 4.78 is 5.41. The van der Waals surface area contributed by atoms with Gasteiger partial charge >= 0.3 is 0 Å². The Hall–Kier alpha value is -1.39. The van der Waals surface area contributed by atoms with E-state index in [-0.39, 0.29) is 11.9 Å². The number of rotatable bonds is 8. The van der Waals surface area contributed by atoms with Crippen LogP contribution in [0.4, 0.5) is 5.69 Å². The Morgan fingerprint density at radius 2 is 2.00 bits per heavy atom. The number of anilines is 1. The molecule has 0 spiro atoms. The maximum atomic E-state index is 11.8. The van der Waals surface area contributed by atoms with Gasteiger partial charge in [0.25, 0.3) is 0 Å². The number of hydrogen-bond acceptors (Lipinski definition) is 4. The molecule has 4 heteroatoms. The molecule has 0 atom stereocenters. The number of nitrogen functional groups attached to an aromatic ring is 1. The van der Waals surface area contributed by atoms with Crippen LogP contribution in [0, 0.1) is 0 Å². The highest BCUT2D eigenvalue weighted by Gasteiger charge is 2.04. The summed E-state index contributed by atoms with van der Waals surface area (Å²) in [5.74, 6) is 0.0831. The molecular formula is C14H22N2O2. The molecule has 0 bridgehead atoms. The van der Waals surface area contributed by atoms with E-state index in [0.717, 1.165) is 19.6 Å². The molecule has 0 aliphatic heterocycles. The highest BCUT2D eigenvalue weighted by molar-refractivity contribution is 5.97. The number of carbonyl (C=O) groups is 1. The third kappa shape index (κ3) is 5.80. The summed E-state index contributed by atoms with van der Waals surface area (Å²) >= 11 is 0. The van der Waals surface area contributed by atoms with Gasteiger partial charge in [0.2, 0.25) is 0 Å². The Balaban J connectivity index is 2.16. The molecule has 0 saturated carbocycles. The monoisotopic (exact) mass is 250 g/mol. The lowest BCUT2D eigenvalue weighted by Gasteiger charge is -2.08. The van der Waals surface area contributed by atoms with E-state index in [9.17, 15) is 4.79 Å². The van der Waals surface area contributed by atoms with Crippen LogP contribution in [0.15, 0.2) is 24.3 Å². The second-order valence-corrected chi connectivity index (χ2v) is 4.50. The molecular weight excluding hydrogens is 228 g/mol. The van der Waals surface area contributed by atoms with Gasteiger partial charge in [-0.3, -0.25) is 4.79 Å². The largest absolute Gasteiger partial charge is 0.399 e. The second kappa shape index (κ2) is 7.84. The summed E-state index contributed by atoms with van der Waals surface area (Å²) in [4.78, 5) is 11.8. The zero-order valence-electron chi connectivity index (χ0n) is 11.1. The molecule has 1 aromatic carbocycles. The van der Waals surface area contributed by atoms with Crippen molar-refractivity contribution in [3.05, 3.63) is 29.8 Å². The number of carbonyl (C=O) groups excluding carboxylic acids is 1. The summed E-state index contributed by atoms with van der Waals surface area (Å²) in [5.41, 5.74) is 6.93. The van der Waals surface area contributed by atoms with Gasteiger partial charge in [-0.15, -0.1) is 0 Å². The van der Waals surface area contributed by atoms with Crippen molar-refractivity contribution >= 4 is 11.5 Å². The van der Waals surface area contributed by atoms with Crippen LogP contribution < -0.4 is 11.1 Å². The van der Waals surface area contributed by atoms with E-state index < -0.39 is 0 Å². The normalized spacial score (nSPS) is 10.8. The Morgan fingerprint density at radius 1 is 1.33 bits per heavy atom. The summed E-state index contributed by atoms with van der Waals surface area (Å²) in [6, 6.07) is 6.98. The first kappa shape index (κ1) is 14.7. The third-order valence-corrected chi connectivity index (χ3v) is 2.47. The van der Waals surface area contributed by atoms with E-state index in [1.54, 1.807) is 24.3 Å². The summed E-state index contributed by atoms with van der Waals surface area (Å²) in [6.07, 6.45) is 1.18. The molecule has 0 heterocycles. The topological polar surface area (TPSA) is 64.3 Å². The van der Waals surface area contributed by atoms with Crippen LogP contribution in [0.5, 0.6) is 0 Å². The maximum absolute atomic E-state index is 11.8. The van der Waals surface area contributed by atoms with E-state index in [2.05, 4.69) is 5.32 Å². The zero-order valence-corrected chi connectivity index (χ0v) is 11.1. The maximum Gasteiger partial charge on any atom is 0.176 e. The SMILES string of the molecule is CC(C)OCCCNCC(=O)c1ccc(N)cc1. The molecule has 0 aliphatic carbocycles. The van der Waals surface area contributed by atoms with Crippen molar-refractivity contribution in [3.63, 3.8) is 0 Å². The molecule has 0 unspecified atom stereocenters. The molecule has 3 N–H and O–H groups in total. The minimum absolute atomic E-state index is 0.0831. The Morgan fingerprint density at radius 3 is 2.61 bits per heavy atom. The molecule has 0 radical (unpaired) electrons. The molecule has 0 saturated heterocycles. The van der Waals surface area contributed by atoms with Crippen molar-refractivity contribution in [2.24, 2.45) is 0 Å². The lowest BCUT2D eigenvalue weighted by molar-refractivity contribution is 0.0767. The summed E-state index contributed by atoms with van der Waals surface area (Å²) in [7, 11) is 0. The second-order valence-electron chi connectivity index (χ2n) is 4.50. The lowest BCUT2D eigenvalue weighted by atomic mass is 10.1. The number of nitrogens with one attached hydrogen (secondary N) is 1. The van der Waals surface area contributed by atoms with Crippen molar-refractivity contribution in [2.45, 2.75) is 26.4 Å². The number of ketones is 1. The number of Topliss-reactive ketones (excluding diaryl/α,β-unsaturated/α-hetero) is 1. The van der Waals surface area contributed by atoms with Gasteiger partial charge in [-0.05, 0) is 51.1 Å². The minimum atomic E-state index is 0.0831. The molecule has 0 aromatic heterocycles. The molecule has 4 nitrogen and oxygen atoms in total. The van der Waals surface area contributed by atoms with Crippen LogP contribution in [0.3, 0.4) is 0 Å². The zero-order chi connectivity index (χ0) is 13.4. The molecule has 18 heavy (non-hydrogen) atoms. The van der Waals surface area contributed by atoms with E-state index in [1.165, 1.54) is 0 Å². The summed E-state index contributed by atoms with van der Waals surface area (Å²) in [5, 5.41) is 3.11. The molecule has 100 valence electrons. The van der Waals surface area contributed by atoms with E-state index >= 15 is 0 Å². The first-order chi connectivity index (χ1) is 8.59. The number of hydrogen-bond donors (Lipinski definition) is 2. The molecule has 0 amide bonds. The minimum Gasteiger partial charge on any atom is -0.399 e. The Kier molecular flexibility index (Phi) is 6.39. The smallest absolute Gasteiger partial charge is 0.176 e. The van der Waals surface area contributed by atoms with Crippen molar-refractivity contribution in [3.8, 4) is 0 Å². The first-order valence-electron chi connectivity index (χ1n) is 6.30. The molecule has 1 rings (SSSR count). The molecule has 0 fully saturated rings. The van der Waals surface area contributed by atoms with Crippen molar-refractivity contribution in [1.29, 1.82) is 0 Å². The Bertz CT molecular complexity index is 361. The van der Waals surface area contributed by atoms with Gasteiger partial charge in [-0.25, -0.2) is 0 Å². The van der Waals surface area contributed by atoms with E-state index in [4.69, 9.17) is 10.5 Å². The number of benzene rings is 1. The van der Waals surface area contributed by atoms with Crippen LogP contribution >= 0.6 is 0 Å². The third-order valence-electron chi connectivity index (χ3n) is 2.47. The van der Waals surface area contributed by atoms with E-state index in [1.807, 2.05) is 13.8 Å². The van der Waals surface area contributed by atoms with Crippen LogP contribution in [0.2, 0.25) is 0 Å². The van der Waals surface area contributed by atoms with Gasteiger partial charge in [-0.1, -0.05) is 0 Å². The fourth-order valence-electron chi connectivity index (χ4n) is 1.49. The average molecular weight is 250 g/mol. The predicted molar refractivity (Wildman–Crippen MR) is 73.8 cm³/mol. The highest BCUT2D eigenvalue weighted by atomic mass is 16.5. The Labute approximate surface area is 109 Å². The van der Waals surface area contributed by atoms with Gasteiger partial charge < -0.3 is 15.8 Å². The van der Waals surface area contributed by atoms with Gasteiger partial charge in [0.1, 0.15) is 0 Å².